The van der Waals surface area contributed by atoms with Crippen molar-refractivity contribution >= 4 is 16.8 Å². The Labute approximate surface area is 169 Å². The van der Waals surface area contributed by atoms with Crippen LogP contribution in [0.3, 0.4) is 0 Å². The fraction of sp³-hybridized carbons (Fsp3) is 0.125. The Kier molecular flexibility index (Phi) is 5.20. The molecule has 0 saturated heterocycles. The number of carbonyl (C=O) groups is 1. The molecule has 0 atom stereocenters. The van der Waals surface area contributed by atoms with Crippen LogP contribution in [0.15, 0.2) is 72.9 Å². The van der Waals surface area contributed by atoms with Gasteiger partial charge in [0.2, 0.25) is 0 Å². The molecule has 0 aliphatic heterocycles. The van der Waals surface area contributed by atoms with E-state index in [0.717, 1.165) is 39.2 Å². The second-order valence-corrected chi connectivity index (χ2v) is 6.75. The maximum atomic E-state index is 13.0. The first kappa shape index (κ1) is 18.6. The minimum Gasteiger partial charge on any atom is -0.497 e. The van der Waals surface area contributed by atoms with Crippen molar-refractivity contribution in [1.82, 2.24) is 15.3 Å². The van der Waals surface area contributed by atoms with Crippen LogP contribution in [-0.2, 0) is 6.54 Å². The van der Waals surface area contributed by atoms with Gasteiger partial charge in [0.1, 0.15) is 5.75 Å². The normalized spacial score (nSPS) is 10.7. The predicted molar refractivity (Wildman–Crippen MR) is 114 cm³/mol. The standard InChI is InChI=1S/C24H21N3O2/c1-16-6-5-13-25-23(16)15-26-24(28)20-14-22(17-9-11-18(29-2)12-10-17)27-21-8-4-3-7-19(20)21/h3-14H,15H2,1-2H3,(H,26,28). The van der Waals surface area contributed by atoms with Crippen LogP contribution in [0.4, 0.5) is 0 Å². The molecule has 0 bridgehead atoms. The number of ether oxygens (including phenoxy) is 1. The fourth-order valence-electron chi connectivity index (χ4n) is 3.24. The third kappa shape index (κ3) is 3.94. The van der Waals surface area contributed by atoms with Gasteiger partial charge in [-0.3, -0.25) is 9.78 Å². The van der Waals surface area contributed by atoms with Crippen LogP contribution in [0.1, 0.15) is 21.6 Å². The number of aryl methyl sites for hydroxylation is 1. The summed E-state index contributed by atoms with van der Waals surface area (Å²) in [7, 11) is 1.63. The molecule has 1 amide bonds. The summed E-state index contributed by atoms with van der Waals surface area (Å²) in [6, 6.07) is 21.0. The minimum atomic E-state index is -0.150. The summed E-state index contributed by atoms with van der Waals surface area (Å²) >= 11 is 0. The molecule has 0 saturated carbocycles. The van der Waals surface area contributed by atoms with E-state index in [2.05, 4.69) is 10.3 Å². The van der Waals surface area contributed by atoms with Crippen molar-refractivity contribution in [3.05, 3.63) is 89.7 Å². The zero-order chi connectivity index (χ0) is 20.2. The first-order chi connectivity index (χ1) is 14.2. The number of carbonyl (C=O) groups excluding carboxylic acids is 1. The van der Waals surface area contributed by atoms with E-state index in [9.17, 15) is 4.79 Å². The molecule has 0 aliphatic carbocycles. The van der Waals surface area contributed by atoms with Crippen LogP contribution in [0.5, 0.6) is 5.75 Å². The molecule has 0 radical (unpaired) electrons. The molecular formula is C24H21N3O2. The molecule has 1 N–H and O–H groups in total. The van der Waals surface area contributed by atoms with Crippen molar-refractivity contribution in [3.8, 4) is 17.0 Å². The van der Waals surface area contributed by atoms with Crippen molar-refractivity contribution in [2.75, 3.05) is 7.11 Å². The molecule has 0 aliphatic rings. The highest BCUT2D eigenvalue weighted by atomic mass is 16.5. The van der Waals surface area contributed by atoms with Crippen LogP contribution in [0.25, 0.3) is 22.2 Å². The van der Waals surface area contributed by atoms with Gasteiger partial charge < -0.3 is 10.1 Å². The van der Waals surface area contributed by atoms with Gasteiger partial charge in [-0.25, -0.2) is 4.98 Å². The van der Waals surface area contributed by atoms with Crippen LogP contribution in [-0.4, -0.2) is 23.0 Å². The maximum absolute atomic E-state index is 13.0. The minimum absolute atomic E-state index is 0.150. The van der Waals surface area contributed by atoms with E-state index in [1.807, 2.05) is 73.7 Å². The molecular weight excluding hydrogens is 362 g/mol. The van der Waals surface area contributed by atoms with E-state index in [-0.39, 0.29) is 5.91 Å². The molecule has 29 heavy (non-hydrogen) atoms. The van der Waals surface area contributed by atoms with E-state index >= 15 is 0 Å². The van der Waals surface area contributed by atoms with Crippen molar-refractivity contribution < 1.29 is 9.53 Å². The van der Waals surface area contributed by atoms with E-state index in [1.54, 1.807) is 13.3 Å². The summed E-state index contributed by atoms with van der Waals surface area (Å²) in [5.74, 6) is 0.627. The number of para-hydroxylation sites is 1. The molecule has 0 fully saturated rings. The summed E-state index contributed by atoms with van der Waals surface area (Å²) < 4.78 is 5.23. The number of hydrogen-bond acceptors (Lipinski definition) is 4. The average Bonchev–Trinajstić information content (AvgIpc) is 2.77. The Bertz CT molecular complexity index is 1170. The number of amides is 1. The van der Waals surface area contributed by atoms with E-state index in [4.69, 9.17) is 9.72 Å². The lowest BCUT2D eigenvalue weighted by atomic mass is 10.0. The van der Waals surface area contributed by atoms with Gasteiger partial charge in [-0.1, -0.05) is 24.3 Å². The third-order valence-electron chi connectivity index (χ3n) is 4.88. The van der Waals surface area contributed by atoms with Gasteiger partial charge in [0, 0.05) is 17.1 Å². The van der Waals surface area contributed by atoms with Crippen molar-refractivity contribution in [3.63, 3.8) is 0 Å². The summed E-state index contributed by atoms with van der Waals surface area (Å²) in [6.07, 6.45) is 1.73. The van der Waals surface area contributed by atoms with Crippen LogP contribution in [0, 0.1) is 6.92 Å². The molecule has 2 aromatic heterocycles. The number of hydrogen-bond donors (Lipinski definition) is 1. The highest BCUT2D eigenvalue weighted by Gasteiger charge is 2.14. The summed E-state index contributed by atoms with van der Waals surface area (Å²) in [5, 5.41) is 3.82. The molecule has 4 rings (SSSR count). The zero-order valence-electron chi connectivity index (χ0n) is 16.3. The first-order valence-electron chi connectivity index (χ1n) is 9.38. The zero-order valence-corrected chi connectivity index (χ0v) is 16.3. The monoisotopic (exact) mass is 383 g/mol. The summed E-state index contributed by atoms with van der Waals surface area (Å²) in [6.45, 7) is 2.36. The molecule has 2 heterocycles. The lowest BCUT2D eigenvalue weighted by Crippen LogP contribution is -2.24. The average molecular weight is 383 g/mol. The number of rotatable bonds is 5. The highest BCUT2D eigenvalue weighted by Crippen LogP contribution is 2.26. The number of fused-ring (bicyclic) bond motifs is 1. The lowest BCUT2D eigenvalue weighted by Gasteiger charge is -2.11. The van der Waals surface area contributed by atoms with Crippen molar-refractivity contribution in [2.24, 2.45) is 0 Å². The molecule has 0 spiro atoms. The number of nitrogens with one attached hydrogen (secondary N) is 1. The van der Waals surface area contributed by atoms with E-state index < -0.39 is 0 Å². The number of nitrogens with zero attached hydrogens (tertiary/aromatic N) is 2. The molecule has 4 aromatic rings. The van der Waals surface area contributed by atoms with Gasteiger partial charge in [-0.05, 0) is 55.0 Å². The fourth-order valence-corrected chi connectivity index (χ4v) is 3.24. The van der Waals surface area contributed by atoms with Crippen LogP contribution >= 0.6 is 0 Å². The SMILES string of the molecule is COc1ccc(-c2cc(C(=O)NCc3ncccc3C)c3ccccc3n2)cc1. The Hall–Kier alpha value is -3.73. The van der Waals surface area contributed by atoms with Gasteiger partial charge in [0.15, 0.2) is 0 Å². The van der Waals surface area contributed by atoms with Gasteiger partial charge in [-0.2, -0.15) is 0 Å². The van der Waals surface area contributed by atoms with Gasteiger partial charge >= 0.3 is 0 Å². The third-order valence-corrected chi connectivity index (χ3v) is 4.88. The second kappa shape index (κ2) is 8.10. The summed E-state index contributed by atoms with van der Waals surface area (Å²) in [4.78, 5) is 22.1. The number of pyridine rings is 2. The van der Waals surface area contributed by atoms with Crippen LogP contribution in [0.2, 0.25) is 0 Å². The van der Waals surface area contributed by atoms with E-state index in [0.29, 0.717) is 12.1 Å². The maximum Gasteiger partial charge on any atom is 0.252 e. The summed E-state index contributed by atoms with van der Waals surface area (Å²) in [5.41, 5.74) is 4.94. The van der Waals surface area contributed by atoms with Gasteiger partial charge in [0.25, 0.3) is 5.91 Å². The van der Waals surface area contributed by atoms with Crippen LogP contribution < -0.4 is 10.1 Å². The highest BCUT2D eigenvalue weighted by molar-refractivity contribution is 6.07. The quantitative estimate of drug-likeness (QED) is 0.549. The molecule has 144 valence electrons. The molecule has 0 unspecified atom stereocenters. The van der Waals surface area contributed by atoms with E-state index in [1.165, 1.54) is 0 Å². The smallest absolute Gasteiger partial charge is 0.252 e. The Balaban J connectivity index is 1.70. The Morgan fingerprint density at radius 2 is 1.83 bits per heavy atom. The second-order valence-electron chi connectivity index (χ2n) is 6.75. The number of aromatic nitrogens is 2. The van der Waals surface area contributed by atoms with Gasteiger partial charge in [-0.15, -0.1) is 0 Å². The first-order valence-corrected chi connectivity index (χ1v) is 9.38. The lowest BCUT2D eigenvalue weighted by molar-refractivity contribution is 0.0952. The largest absolute Gasteiger partial charge is 0.497 e. The van der Waals surface area contributed by atoms with Crippen molar-refractivity contribution in [1.29, 1.82) is 0 Å². The Morgan fingerprint density at radius 1 is 1.03 bits per heavy atom. The molecule has 5 nitrogen and oxygen atoms in total. The number of methoxy groups -OCH3 is 1. The Morgan fingerprint density at radius 3 is 2.59 bits per heavy atom. The molecule has 2 aromatic carbocycles. The number of benzene rings is 2. The topological polar surface area (TPSA) is 64.1 Å². The van der Waals surface area contributed by atoms with Gasteiger partial charge in [0.05, 0.1) is 36.1 Å². The molecule has 5 heteroatoms. The predicted octanol–water partition coefficient (Wildman–Crippen LogP) is 4.54. The van der Waals surface area contributed by atoms with Crippen molar-refractivity contribution in [2.45, 2.75) is 13.5 Å².